The van der Waals surface area contributed by atoms with E-state index < -0.39 is 5.60 Å². The Balaban J connectivity index is 2.63. The molecule has 1 heterocycles. The molecule has 0 aliphatic carbocycles. The Morgan fingerprint density at radius 3 is 2.62 bits per heavy atom. The van der Waals surface area contributed by atoms with Crippen molar-refractivity contribution in [2.24, 2.45) is 0 Å². The van der Waals surface area contributed by atoms with Crippen LogP contribution in [0.4, 0.5) is 4.79 Å². The standard InChI is InChI=1S/C12H22BrNO2/c1-12(2,3)16-11(15)14-8-6-4-5-7-10(14)9-13/h10H,4-9H2,1-3H3. The van der Waals surface area contributed by atoms with Gasteiger partial charge in [-0.3, -0.25) is 0 Å². The fourth-order valence-corrected chi connectivity index (χ4v) is 2.57. The molecule has 1 amide bonds. The molecule has 1 saturated heterocycles. The highest BCUT2D eigenvalue weighted by Gasteiger charge is 2.28. The smallest absolute Gasteiger partial charge is 0.410 e. The number of alkyl halides is 1. The zero-order valence-corrected chi connectivity index (χ0v) is 12.0. The number of amides is 1. The van der Waals surface area contributed by atoms with Gasteiger partial charge < -0.3 is 9.64 Å². The van der Waals surface area contributed by atoms with Crippen molar-refractivity contribution in [1.29, 1.82) is 0 Å². The summed E-state index contributed by atoms with van der Waals surface area (Å²) in [5.74, 6) is 0. The highest BCUT2D eigenvalue weighted by Crippen LogP contribution is 2.21. The van der Waals surface area contributed by atoms with Crippen LogP contribution in [0, 0.1) is 0 Å². The predicted octanol–water partition coefficient (Wildman–Crippen LogP) is 3.56. The summed E-state index contributed by atoms with van der Waals surface area (Å²) in [6.45, 7) is 6.55. The van der Waals surface area contributed by atoms with Crippen molar-refractivity contribution in [1.82, 2.24) is 4.90 Å². The third-order valence-electron chi connectivity index (χ3n) is 2.68. The van der Waals surface area contributed by atoms with E-state index >= 15 is 0 Å². The lowest BCUT2D eigenvalue weighted by Gasteiger charge is -2.31. The number of hydrogen-bond donors (Lipinski definition) is 0. The lowest BCUT2D eigenvalue weighted by molar-refractivity contribution is 0.0187. The minimum absolute atomic E-state index is 0.168. The maximum Gasteiger partial charge on any atom is 0.410 e. The predicted molar refractivity (Wildman–Crippen MR) is 69.0 cm³/mol. The molecule has 0 N–H and O–H groups in total. The quantitative estimate of drug-likeness (QED) is 0.692. The van der Waals surface area contributed by atoms with Gasteiger partial charge in [0.15, 0.2) is 0 Å². The van der Waals surface area contributed by atoms with Gasteiger partial charge in [0, 0.05) is 17.9 Å². The largest absolute Gasteiger partial charge is 0.444 e. The van der Waals surface area contributed by atoms with Gasteiger partial charge in [-0.05, 0) is 33.6 Å². The molecule has 0 radical (unpaired) electrons. The highest BCUT2D eigenvalue weighted by atomic mass is 79.9. The number of ether oxygens (including phenoxy) is 1. The molecule has 1 rings (SSSR count). The zero-order chi connectivity index (χ0) is 12.2. The van der Waals surface area contributed by atoms with E-state index in [0.29, 0.717) is 0 Å². The van der Waals surface area contributed by atoms with Crippen molar-refractivity contribution in [3.63, 3.8) is 0 Å². The molecule has 1 atom stereocenters. The van der Waals surface area contributed by atoms with Crippen LogP contribution in [0.5, 0.6) is 0 Å². The molecule has 1 unspecified atom stereocenters. The van der Waals surface area contributed by atoms with Crippen molar-refractivity contribution >= 4 is 22.0 Å². The van der Waals surface area contributed by atoms with E-state index in [4.69, 9.17) is 4.74 Å². The first-order valence-corrected chi connectivity index (χ1v) is 7.12. The summed E-state index contributed by atoms with van der Waals surface area (Å²) < 4.78 is 5.43. The monoisotopic (exact) mass is 291 g/mol. The number of carbonyl (C=O) groups is 1. The lowest BCUT2D eigenvalue weighted by atomic mass is 10.1. The summed E-state index contributed by atoms with van der Waals surface area (Å²) in [7, 11) is 0. The van der Waals surface area contributed by atoms with Crippen LogP contribution in [0.25, 0.3) is 0 Å². The van der Waals surface area contributed by atoms with Crippen molar-refractivity contribution in [3.8, 4) is 0 Å². The Morgan fingerprint density at radius 1 is 1.38 bits per heavy atom. The molecule has 0 aromatic rings. The van der Waals surface area contributed by atoms with Crippen molar-refractivity contribution in [2.75, 3.05) is 11.9 Å². The molecule has 1 aliphatic rings. The molecule has 0 bridgehead atoms. The summed E-state index contributed by atoms with van der Waals surface area (Å²) in [4.78, 5) is 13.9. The van der Waals surface area contributed by atoms with Crippen LogP contribution in [-0.4, -0.2) is 34.5 Å². The van der Waals surface area contributed by atoms with Gasteiger partial charge >= 0.3 is 6.09 Å². The normalized spacial score (nSPS) is 22.8. The third kappa shape index (κ3) is 4.32. The SMILES string of the molecule is CC(C)(C)OC(=O)N1CCCCCC1CBr. The Bertz CT molecular complexity index is 238. The minimum atomic E-state index is -0.403. The first-order valence-electron chi connectivity index (χ1n) is 5.99. The summed E-state index contributed by atoms with van der Waals surface area (Å²) in [6, 6.07) is 0.289. The van der Waals surface area contributed by atoms with E-state index in [1.165, 1.54) is 12.8 Å². The van der Waals surface area contributed by atoms with Gasteiger partial charge in [-0.2, -0.15) is 0 Å². The van der Waals surface area contributed by atoms with E-state index in [2.05, 4.69) is 15.9 Å². The van der Waals surface area contributed by atoms with Gasteiger partial charge in [0.2, 0.25) is 0 Å². The Hall–Kier alpha value is -0.250. The van der Waals surface area contributed by atoms with Crippen molar-refractivity contribution in [3.05, 3.63) is 0 Å². The van der Waals surface area contributed by atoms with Crippen LogP contribution >= 0.6 is 15.9 Å². The fourth-order valence-electron chi connectivity index (χ4n) is 1.90. The minimum Gasteiger partial charge on any atom is -0.444 e. The molecule has 4 heteroatoms. The van der Waals surface area contributed by atoms with Crippen LogP contribution < -0.4 is 0 Å². The molecule has 1 fully saturated rings. The van der Waals surface area contributed by atoms with Gasteiger partial charge in [-0.1, -0.05) is 28.8 Å². The van der Waals surface area contributed by atoms with Gasteiger partial charge in [0.05, 0.1) is 0 Å². The maximum absolute atomic E-state index is 12.0. The topological polar surface area (TPSA) is 29.5 Å². The second-order valence-corrected chi connectivity index (χ2v) is 5.98. The number of likely N-dealkylation sites (tertiary alicyclic amines) is 1. The fraction of sp³-hybridized carbons (Fsp3) is 0.917. The molecule has 0 spiro atoms. The van der Waals surface area contributed by atoms with Crippen molar-refractivity contribution < 1.29 is 9.53 Å². The summed E-state index contributed by atoms with van der Waals surface area (Å²) in [6.07, 6.45) is 4.41. The van der Waals surface area contributed by atoms with Gasteiger partial charge in [0.25, 0.3) is 0 Å². The molecule has 94 valence electrons. The first-order chi connectivity index (χ1) is 7.44. The molecule has 0 aromatic heterocycles. The number of nitrogens with zero attached hydrogens (tertiary/aromatic N) is 1. The maximum atomic E-state index is 12.0. The molecular formula is C12H22BrNO2. The molecule has 3 nitrogen and oxygen atoms in total. The molecule has 1 aliphatic heterocycles. The average Bonchev–Trinajstić information content (AvgIpc) is 2.39. The number of halogens is 1. The highest BCUT2D eigenvalue weighted by molar-refractivity contribution is 9.09. The second kappa shape index (κ2) is 5.89. The number of rotatable bonds is 1. The summed E-state index contributed by atoms with van der Waals surface area (Å²) in [5, 5.41) is 0.840. The Morgan fingerprint density at radius 2 is 2.06 bits per heavy atom. The Labute approximate surface area is 107 Å². The van der Waals surface area contributed by atoms with E-state index in [1.807, 2.05) is 25.7 Å². The van der Waals surface area contributed by atoms with Gasteiger partial charge in [-0.25, -0.2) is 4.79 Å². The van der Waals surface area contributed by atoms with Crippen LogP contribution in [0.1, 0.15) is 46.5 Å². The van der Waals surface area contributed by atoms with Crippen molar-refractivity contribution in [2.45, 2.75) is 58.1 Å². The molecule has 0 saturated carbocycles. The third-order valence-corrected chi connectivity index (χ3v) is 3.43. The van der Waals surface area contributed by atoms with Crippen LogP contribution in [0.15, 0.2) is 0 Å². The van der Waals surface area contributed by atoms with E-state index in [0.717, 1.165) is 24.7 Å². The second-order valence-electron chi connectivity index (χ2n) is 5.33. The summed E-state index contributed by atoms with van der Waals surface area (Å²) >= 11 is 3.48. The van der Waals surface area contributed by atoms with E-state index in [9.17, 15) is 4.79 Å². The Kier molecular flexibility index (Phi) is 5.09. The lowest BCUT2D eigenvalue weighted by Crippen LogP contribution is -2.43. The molecule has 16 heavy (non-hydrogen) atoms. The molecular weight excluding hydrogens is 270 g/mol. The zero-order valence-electron chi connectivity index (χ0n) is 10.5. The van der Waals surface area contributed by atoms with Gasteiger partial charge in [0.1, 0.15) is 5.60 Å². The van der Waals surface area contributed by atoms with E-state index in [-0.39, 0.29) is 12.1 Å². The number of hydrogen-bond acceptors (Lipinski definition) is 2. The number of carbonyl (C=O) groups excluding carboxylic acids is 1. The van der Waals surface area contributed by atoms with Gasteiger partial charge in [-0.15, -0.1) is 0 Å². The first kappa shape index (κ1) is 13.8. The summed E-state index contributed by atoms with van der Waals surface area (Å²) in [5.41, 5.74) is -0.403. The van der Waals surface area contributed by atoms with Crippen LogP contribution in [-0.2, 0) is 4.74 Å². The van der Waals surface area contributed by atoms with E-state index in [1.54, 1.807) is 0 Å². The van der Waals surface area contributed by atoms with Crippen LogP contribution in [0.2, 0.25) is 0 Å². The molecule has 0 aromatic carbocycles. The average molecular weight is 292 g/mol. The van der Waals surface area contributed by atoms with Crippen LogP contribution in [0.3, 0.4) is 0 Å².